The van der Waals surface area contributed by atoms with Crippen molar-refractivity contribution in [2.75, 3.05) is 0 Å². The maximum atomic E-state index is 12.1. The summed E-state index contributed by atoms with van der Waals surface area (Å²) in [6.45, 7) is 0. The molecule has 2 saturated heterocycles. The zero-order valence-corrected chi connectivity index (χ0v) is 9.45. The summed E-state index contributed by atoms with van der Waals surface area (Å²) in [6.07, 6.45) is 1.01. The molecule has 0 unspecified atom stereocenters. The fourth-order valence-electron chi connectivity index (χ4n) is 7.57. The number of hydrogen-bond donors (Lipinski definition) is 2. The molecule has 5 aliphatic carbocycles. The van der Waals surface area contributed by atoms with Crippen LogP contribution in [0.4, 0.5) is 0 Å². The number of hydrogen-bond acceptors (Lipinski definition) is 4. The van der Waals surface area contributed by atoms with Crippen LogP contribution in [-0.2, 0) is 14.3 Å². The molecule has 18 heavy (non-hydrogen) atoms. The van der Waals surface area contributed by atoms with Gasteiger partial charge in [0.15, 0.2) is 5.60 Å². The normalized spacial score (nSPS) is 75.1. The first-order chi connectivity index (χ1) is 8.54. The van der Waals surface area contributed by atoms with E-state index in [2.05, 4.69) is 0 Å². The molecule has 5 saturated carbocycles. The van der Waals surface area contributed by atoms with Gasteiger partial charge in [-0.1, -0.05) is 0 Å². The second kappa shape index (κ2) is 1.92. The van der Waals surface area contributed by atoms with Gasteiger partial charge in [-0.15, -0.1) is 0 Å². The molecule has 7 fully saturated rings. The third-order valence-electron chi connectivity index (χ3n) is 7.43. The predicted octanol–water partition coefficient (Wildman–Crippen LogP) is -0.515. The average Bonchev–Trinajstić information content (AvgIpc) is 2.78. The van der Waals surface area contributed by atoms with Gasteiger partial charge in [0, 0.05) is 23.7 Å². The Morgan fingerprint density at radius 2 is 1.83 bits per heavy atom. The fraction of sp³-hybridized carbons (Fsp3) is 0.846. The molecule has 2 N–H and O–H groups in total. The highest BCUT2D eigenvalue weighted by Crippen LogP contribution is 2.89. The molecule has 94 valence electrons. The highest BCUT2D eigenvalue weighted by molar-refractivity contribution is 5.93. The van der Waals surface area contributed by atoms with Crippen LogP contribution in [0.15, 0.2) is 0 Å². The zero-order valence-electron chi connectivity index (χ0n) is 9.45. The van der Waals surface area contributed by atoms with Gasteiger partial charge in [0.2, 0.25) is 5.60 Å². The van der Waals surface area contributed by atoms with Crippen LogP contribution in [0.5, 0.6) is 0 Å². The Balaban J connectivity index is 1.74. The zero-order chi connectivity index (χ0) is 12.2. The summed E-state index contributed by atoms with van der Waals surface area (Å²) in [4.78, 5) is 23.9. The van der Waals surface area contributed by atoms with E-state index in [0.29, 0.717) is 23.7 Å². The molecule has 0 aromatic rings. The number of fused-ring (bicyclic) bond motifs is 1. The van der Waals surface area contributed by atoms with Crippen molar-refractivity contribution in [3.63, 3.8) is 0 Å². The lowest BCUT2D eigenvalue weighted by Gasteiger charge is -2.60. The van der Waals surface area contributed by atoms with Gasteiger partial charge < -0.3 is 14.9 Å². The van der Waals surface area contributed by atoms with E-state index in [9.17, 15) is 19.8 Å². The number of ether oxygens (including phenoxy) is 1. The summed E-state index contributed by atoms with van der Waals surface area (Å²) in [6, 6.07) is 0. The summed E-state index contributed by atoms with van der Waals surface area (Å²) < 4.78 is 5.33. The van der Waals surface area contributed by atoms with Crippen LogP contribution in [0.1, 0.15) is 6.42 Å². The Hall–Kier alpha value is -1.10. The molecule has 0 radical (unpaired) electrons. The first kappa shape index (κ1) is 8.91. The summed E-state index contributed by atoms with van der Waals surface area (Å²) in [5.41, 5.74) is -2.63. The van der Waals surface area contributed by atoms with Gasteiger partial charge in [-0.05, 0) is 30.1 Å². The summed E-state index contributed by atoms with van der Waals surface area (Å²) in [7, 11) is 0. The van der Waals surface area contributed by atoms with Gasteiger partial charge in [0.1, 0.15) is 0 Å². The van der Waals surface area contributed by atoms with Gasteiger partial charge in [0.25, 0.3) is 0 Å². The molecule has 4 bridgehead atoms. The SMILES string of the molecule is O=C1O[C@@]2(C(=O)O)[C@@H]3[C@H]4C[C@H]5[C@@H]6[C@@H]4[C@@H]2[C@H]6[C@@]1(O)[C@H]53. The average molecular weight is 248 g/mol. The molecule has 10 atom stereocenters. The van der Waals surface area contributed by atoms with Crippen LogP contribution < -0.4 is 0 Å². The van der Waals surface area contributed by atoms with Crippen molar-refractivity contribution in [1.82, 2.24) is 0 Å². The molecule has 5 nitrogen and oxygen atoms in total. The highest BCUT2D eigenvalue weighted by Gasteiger charge is 2.97. The Morgan fingerprint density at radius 1 is 1.17 bits per heavy atom. The summed E-state index contributed by atoms with van der Waals surface area (Å²) in [5.74, 6) is -0.552. The van der Waals surface area contributed by atoms with Crippen LogP contribution in [0, 0.1) is 47.3 Å². The highest BCUT2D eigenvalue weighted by atomic mass is 16.6. The van der Waals surface area contributed by atoms with Gasteiger partial charge in [-0.2, -0.15) is 0 Å². The number of carbonyl (C=O) groups excluding carboxylic acids is 1. The molecule has 0 amide bonds. The van der Waals surface area contributed by atoms with E-state index in [0.717, 1.165) is 6.42 Å². The van der Waals surface area contributed by atoms with Crippen LogP contribution in [-0.4, -0.2) is 33.4 Å². The van der Waals surface area contributed by atoms with E-state index in [4.69, 9.17) is 4.74 Å². The van der Waals surface area contributed by atoms with Crippen molar-refractivity contribution >= 4 is 11.9 Å². The molecule has 5 heteroatoms. The Bertz CT molecular complexity index is 572. The number of esters is 1. The number of aliphatic carboxylic acids is 1. The molecular weight excluding hydrogens is 236 g/mol. The van der Waals surface area contributed by atoms with E-state index in [1.54, 1.807) is 0 Å². The van der Waals surface area contributed by atoms with Crippen molar-refractivity contribution in [3.05, 3.63) is 0 Å². The lowest BCUT2D eigenvalue weighted by Crippen LogP contribution is -2.76. The molecule has 0 aromatic heterocycles. The number of rotatable bonds is 1. The fourth-order valence-corrected chi connectivity index (χ4v) is 7.57. The van der Waals surface area contributed by atoms with Crippen LogP contribution >= 0.6 is 0 Å². The van der Waals surface area contributed by atoms with E-state index < -0.39 is 23.1 Å². The van der Waals surface area contributed by atoms with Gasteiger partial charge in [0.05, 0.1) is 0 Å². The minimum Gasteiger partial charge on any atom is -0.478 e. The Morgan fingerprint density at radius 3 is 2.56 bits per heavy atom. The monoisotopic (exact) mass is 248 g/mol. The van der Waals surface area contributed by atoms with Crippen LogP contribution in [0.2, 0.25) is 0 Å². The Labute approximate surface area is 102 Å². The van der Waals surface area contributed by atoms with Crippen molar-refractivity contribution < 1.29 is 24.5 Å². The smallest absolute Gasteiger partial charge is 0.348 e. The summed E-state index contributed by atoms with van der Waals surface area (Å²) in [5, 5.41) is 20.5. The van der Waals surface area contributed by atoms with Crippen molar-refractivity contribution in [1.29, 1.82) is 0 Å². The molecule has 2 aliphatic heterocycles. The van der Waals surface area contributed by atoms with Crippen molar-refractivity contribution in [3.8, 4) is 0 Å². The molecular formula is C13H12O5. The van der Waals surface area contributed by atoms with E-state index in [1.165, 1.54) is 0 Å². The molecule has 0 spiro atoms. The maximum Gasteiger partial charge on any atom is 0.348 e. The molecule has 0 aromatic carbocycles. The number of aliphatic hydroxyl groups is 1. The van der Waals surface area contributed by atoms with Gasteiger partial charge in [-0.25, -0.2) is 9.59 Å². The third-order valence-corrected chi connectivity index (χ3v) is 7.43. The predicted molar refractivity (Wildman–Crippen MR) is 53.9 cm³/mol. The first-order valence-corrected chi connectivity index (χ1v) is 6.73. The number of carboxylic acids is 1. The van der Waals surface area contributed by atoms with Gasteiger partial charge >= 0.3 is 11.9 Å². The van der Waals surface area contributed by atoms with E-state index in [1.807, 2.05) is 0 Å². The quantitative estimate of drug-likeness (QED) is 0.610. The van der Waals surface area contributed by atoms with E-state index >= 15 is 0 Å². The molecule has 2 heterocycles. The third kappa shape index (κ3) is 0.451. The number of carboxylic acid groups (broad SMARTS) is 1. The topological polar surface area (TPSA) is 83.8 Å². The van der Waals surface area contributed by atoms with E-state index in [-0.39, 0.29) is 23.7 Å². The minimum atomic E-state index is -1.34. The standard InChI is InChI=1S/C13H12O5/c14-10(15)13-7-3-1-2-4-5(3)9(13)8(4)12(17,6(2)7)11(16)18-13/h2-9,17H,1H2,(H,14,15)/t2-,3-,4+,5+,6+,7+,8-,9+,12-,13-/m0/s1. The van der Waals surface area contributed by atoms with Gasteiger partial charge in [-0.3, -0.25) is 0 Å². The lowest BCUT2D eigenvalue weighted by molar-refractivity contribution is -0.282. The molecule has 7 aliphatic rings. The maximum absolute atomic E-state index is 12.1. The van der Waals surface area contributed by atoms with Crippen LogP contribution in [0.3, 0.4) is 0 Å². The minimum absolute atomic E-state index is 0.110. The van der Waals surface area contributed by atoms with Crippen molar-refractivity contribution in [2.45, 2.75) is 17.6 Å². The first-order valence-electron chi connectivity index (χ1n) is 6.73. The largest absolute Gasteiger partial charge is 0.478 e. The molecule has 7 rings (SSSR count). The lowest BCUT2D eigenvalue weighted by atomic mass is 9.50. The Kier molecular flexibility index (Phi) is 0.949. The summed E-state index contributed by atoms with van der Waals surface area (Å²) >= 11 is 0. The second-order valence-corrected chi connectivity index (χ2v) is 7.13. The number of carbonyl (C=O) groups is 2. The van der Waals surface area contributed by atoms with Crippen LogP contribution in [0.25, 0.3) is 0 Å². The van der Waals surface area contributed by atoms with Crippen molar-refractivity contribution in [2.24, 2.45) is 47.3 Å². The second-order valence-electron chi connectivity index (χ2n) is 7.13.